The first-order valence-corrected chi connectivity index (χ1v) is 5.86. The Morgan fingerprint density at radius 1 is 1.27 bits per heavy atom. The topological polar surface area (TPSA) is 114 Å². The average molecular weight is 323 g/mol. The highest BCUT2D eigenvalue weighted by molar-refractivity contribution is 5.73. The molecular formula is C12H16F3N3O4. The Labute approximate surface area is 124 Å². The smallest absolute Gasteiger partial charge is 0.475 e. The van der Waals surface area contributed by atoms with Crippen molar-refractivity contribution in [3.05, 3.63) is 29.8 Å². The number of hydrogen-bond acceptors (Lipinski definition) is 6. The number of halogens is 3. The summed E-state index contributed by atoms with van der Waals surface area (Å²) in [5.41, 5.74) is 4.20. The third-order valence-corrected chi connectivity index (χ3v) is 2.13. The molecule has 0 atom stereocenters. The van der Waals surface area contributed by atoms with Gasteiger partial charge in [0, 0.05) is 12.7 Å². The zero-order valence-electron chi connectivity index (χ0n) is 11.6. The minimum atomic E-state index is -5.08. The highest BCUT2D eigenvalue weighted by atomic mass is 19.4. The number of esters is 1. The van der Waals surface area contributed by atoms with E-state index in [2.05, 4.69) is 10.7 Å². The number of nitrogens with one attached hydrogen (secondary N) is 2. The Morgan fingerprint density at radius 3 is 2.14 bits per heavy atom. The number of hydrogen-bond donors (Lipinski definition) is 4. The van der Waals surface area contributed by atoms with Crippen LogP contribution in [0.3, 0.4) is 0 Å². The molecule has 0 unspecified atom stereocenters. The van der Waals surface area contributed by atoms with Crippen molar-refractivity contribution in [1.82, 2.24) is 5.43 Å². The first kappa shape index (κ1) is 19.7. The molecule has 0 aliphatic heterocycles. The molecule has 1 rings (SSSR count). The van der Waals surface area contributed by atoms with E-state index in [9.17, 15) is 18.0 Å². The van der Waals surface area contributed by atoms with Crippen molar-refractivity contribution in [2.75, 3.05) is 18.9 Å². The Hall–Kier alpha value is -2.33. The summed E-state index contributed by atoms with van der Waals surface area (Å²) in [5.74, 6) is 1.85. The lowest BCUT2D eigenvalue weighted by molar-refractivity contribution is -0.192. The quantitative estimate of drug-likeness (QED) is 0.361. The molecule has 0 saturated carbocycles. The Balaban J connectivity index is 0.000000534. The fourth-order valence-electron chi connectivity index (χ4n) is 1.07. The van der Waals surface area contributed by atoms with Gasteiger partial charge in [-0.2, -0.15) is 13.2 Å². The maximum atomic E-state index is 11.0. The van der Waals surface area contributed by atoms with Gasteiger partial charge in [-0.25, -0.2) is 10.2 Å². The second kappa shape index (κ2) is 9.58. The van der Waals surface area contributed by atoms with Crippen molar-refractivity contribution >= 4 is 17.6 Å². The molecule has 1 aromatic rings. The van der Waals surface area contributed by atoms with Gasteiger partial charge in [0.1, 0.15) is 13.2 Å². The van der Waals surface area contributed by atoms with Gasteiger partial charge in [0.05, 0.1) is 0 Å². The van der Waals surface area contributed by atoms with E-state index in [1.165, 1.54) is 0 Å². The number of aliphatic carboxylic acids is 1. The van der Waals surface area contributed by atoms with Crippen LogP contribution >= 0.6 is 0 Å². The van der Waals surface area contributed by atoms with Crippen molar-refractivity contribution in [2.24, 2.45) is 5.84 Å². The van der Waals surface area contributed by atoms with E-state index in [4.69, 9.17) is 20.5 Å². The van der Waals surface area contributed by atoms with Crippen LogP contribution in [0, 0.1) is 0 Å². The third kappa shape index (κ3) is 8.76. The highest BCUT2D eigenvalue weighted by Crippen LogP contribution is 2.13. The summed E-state index contributed by atoms with van der Waals surface area (Å²) in [4.78, 5) is 19.9. The van der Waals surface area contributed by atoms with Crippen LogP contribution in [0.25, 0.3) is 0 Å². The van der Waals surface area contributed by atoms with Gasteiger partial charge in [-0.15, -0.1) is 0 Å². The number of rotatable bonds is 5. The molecule has 0 saturated heterocycles. The van der Waals surface area contributed by atoms with E-state index < -0.39 is 12.1 Å². The largest absolute Gasteiger partial charge is 0.490 e. The van der Waals surface area contributed by atoms with Crippen LogP contribution in [0.5, 0.6) is 0 Å². The Morgan fingerprint density at radius 2 is 1.77 bits per heavy atom. The van der Waals surface area contributed by atoms with E-state index in [1.807, 2.05) is 31.3 Å². The lowest BCUT2D eigenvalue weighted by Crippen LogP contribution is -2.30. The third-order valence-electron chi connectivity index (χ3n) is 2.13. The molecule has 0 fully saturated rings. The number of benzene rings is 1. The lowest BCUT2D eigenvalue weighted by atomic mass is 10.2. The standard InChI is InChI=1S/C10H15N3O2.C2HF3O2/c1-12-9-4-2-8(3-5-9)7-15-10(14)6-13-11;3-2(4,5)1(6)7/h2-5,12-13H,6-7,11H2,1H3;(H,6,7). The summed E-state index contributed by atoms with van der Waals surface area (Å²) in [5, 5.41) is 10.1. The summed E-state index contributed by atoms with van der Waals surface area (Å²) in [6.07, 6.45) is -5.08. The fourth-order valence-corrected chi connectivity index (χ4v) is 1.07. The predicted molar refractivity (Wildman–Crippen MR) is 71.7 cm³/mol. The fraction of sp³-hybridized carbons (Fsp3) is 0.333. The molecule has 0 aliphatic carbocycles. The van der Waals surface area contributed by atoms with Crippen LogP contribution in [0.2, 0.25) is 0 Å². The normalized spacial score (nSPS) is 10.2. The molecule has 10 heteroatoms. The summed E-state index contributed by atoms with van der Waals surface area (Å²) in [7, 11) is 1.85. The lowest BCUT2D eigenvalue weighted by Gasteiger charge is -2.05. The number of carboxylic acids is 1. The maximum absolute atomic E-state index is 11.0. The first-order chi connectivity index (χ1) is 10.2. The molecule has 7 nitrogen and oxygen atoms in total. The predicted octanol–water partition coefficient (Wildman–Crippen LogP) is 0.868. The van der Waals surface area contributed by atoms with Crippen molar-refractivity contribution in [3.63, 3.8) is 0 Å². The molecule has 1 aromatic carbocycles. The van der Waals surface area contributed by atoms with Gasteiger partial charge >= 0.3 is 18.1 Å². The number of carbonyl (C=O) groups excluding carboxylic acids is 1. The van der Waals surface area contributed by atoms with Crippen LogP contribution in [0.15, 0.2) is 24.3 Å². The molecule has 22 heavy (non-hydrogen) atoms. The maximum Gasteiger partial charge on any atom is 0.490 e. The van der Waals surface area contributed by atoms with Gasteiger partial charge in [-0.3, -0.25) is 10.6 Å². The van der Waals surface area contributed by atoms with Crippen LogP contribution < -0.4 is 16.6 Å². The molecule has 0 aromatic heterocycles. The second-order valence-electron chi connectivity index (χ2n) is 3.79. The van der Waals surface area contributed by atoms with Crippen LogP contribution in [-0.2, 0) is 20.9 Å². The minimum absolute atomic E-state index is 0.0224. The summed E-state index contributed by atoms with van der Waals surface area (Å²) in [6, 6.07) is 7.64. The van der Waals surface area contributed by atoms with Gasteiger partial charge in [0.25, 0.3) is 0 Å². The van der Waals surface area contributed by atoms with Crippen molar-refractivity contribution in [2.45, 2.75) is 12.8 Å². The molecule has 0 amide bonds. The van der Waals surface area contributed by atoms with Gasteiger partial charge in [0.15, 0.2) is 0 Å². The van der Waals surface area contributed by atoms with E-state index >= 15 is 0 Å². The number of carbonyl (C=O) groups is 2. The zero-order valence-corrected chi connectivity index (χ0v) is 11.6. The molecule has 0 aliphatic rings. The van der Waals surface area contributed by atoms with Crippen molar-refractivity contribution in [3.8, 4) is 0 Å². The van der Waals surface area contributed by atoms with Crippen molar-refractivity contribution < 1.29 is 32.6 Å². The molecule has 0 spiro atoms. The second-order valence-corrected chi connectivity index (χ2v) is 3.79. The number of carboxylic acid groups (broad SMARTS) is 1. The summed E-state index contributed by atoms with van der Waals surface area (Å²) >= 11 is 0. The van der Waals surface area contributed by atoms with Gasteiger partial charge < -0.3 is 15.2 Å². The van der Waals surface area contributed by atoms with E-state index in [1.54, 1.807) is 0 Å². The first-order valence-electron chi connectivity index (χ1n) is 5.86. The number of ether oxygens (including phenoxy) is 1. The average Bonchev–Trinajstić information content (AvgIpc) is 2.45. The van der Waals surface area contributed by atoms with Gasteiger partial charge in [-0.1, -0.05) is 12.1 Å². The monoisotopic (exact) mass is 323 g/mol. The molecular weight excluding hydrogens is 307 g/mol. The number of anilines is 1. The molecule has 5 N–H and O–H groups in total. The van der Waals surface area contributed by atoms with Crippen LogP contribution in [-0.4, -0.2) is 36.8 Å². The highest BCUT2D eigenvalue weighted by Gasteiger charge is 2.38. The zero-order chi connectivity index (χ0) is 17.2. The molecule has 124 valence electrons. The van der Waals surface area contributed by atoms with Gasteiger partial charge in [0.2, 0.25) is 0 Å². The van der Waals surface area contributed by atoms with Crippen LogP contribution in [0.1, 0.15) is 5.56 Å². The number of alkyl halides is 3. The Bertz CT molecular complexity index is 477. The van der Waals surface area contributed by atoms with E-state index in [0.717, 1.165) is 11.3 Å². The van der Waals surface area contributed by atoms with E-state index in [-0.39, 0.29) is 19.1 Å². The number of nitrogens with two attached hydrogens (primary N) is 1. The number of hydrazine groups is 1. The van der Waals surface area contributed by atoms with E-state index in [0.29, 0.717) is 0 Å². The molecule has 0 bridgehead atoms. The van der Waals surface area contributed by atoms with Gasteiger partial charge in [-0.05, 0) is 17.7 Å². The SMILES string of the molecule is CNc1ccc(COC(=O)CNN)cc1.O=C(O)C(F)(F)F. The molecule has 0 heterocycles. The summed E-state index contributed by atoms with van der Waals surface area (Å²) in [6.45, 7) is 0.291. The van der Waals surface area contributed by atoms with Crippen molar-refractivity contribution in [1.29, 1.82) is 0 Å². The minimum Gasteiger partial charge on any atom is -0.475 e. The Kier molecular flexibility index (Phi) is 8.56. The molecule has 0 radical (unpaired) electrons. The van der Waals surface area contributed by atoms with Crippen LogP contribution in [0.4, 0.5) is 18.9 Å². The summed E-state index contributed by atoms with van der Waals surface area (Å²) < 4.78 is 36.7.